The lowest BCUT2D eigenvalue weighted by molar-refractivity contribution is 0.689. The molecule has 5 aromatic rings. The summed E-state index contributed by atoms with van der Waals surface area (Å²) >= 11 is 1.75. The molecule has 0 radical (unpaired) electrons. The second kappa shape index (κ2) is 5.60. The minimum absolute atomic E-state index is 1.07. The van der Waals surface area contributed by atoms with Gasteiger partial charge in [-0.15, -0.1) is 11.3 Å². The number of hydrogen-bond acceptors (Lipinski definition) is 4. The Kier molecular flexibility index (Phi) is 3.17. The molecule has 0 amide bonds. The highest BCUT2D eigenvalue weighted by molar-refractivity contribution is 7.18. The standard InChI is InChI=1S/C22H18N4S/c1-12-24-18-7-6-13(10-20(18)27-12)22-15-5-3-2-4-14(15)21-16-11-23-26-17(16)8-9-19(21)25-22/h6-11H,2-5H2,1H3,(H,23,26). The van der Waals surface area contributed by atoms with Gasteiger partial charge in [-0.05, 0) is 68.0 Å². The second-order valence-electron chi connectivity index (χ2n) is 7.33. The minimum Gasteiger partial charge on any atom is -0.278 e. The number of nitrogens with zero attached hydrogens (tertiary/aromatic N) is 3. The van der Waals surface area contributed by atoms with Crippen molar-refractivity contribution in [2.45, 2.75) is 32.6 Å². The SMILES string of the molecule is Cc1nc2ccc(-c3nc4ccc5[nH]ncc5c4c4c3CCCC4)cc2s1. The lowest BCUT2D eigenvalue weighted by atomic mass is 9.85. The van der Waals surface area contributed by atoms with Gasteiger partial charge in [0.2, 0.25) is 0 Å². The minimum atomic E-state index is 1.07. The fourth-order valence-electron chi connectivity index (χ4n) is 4.47. The Balaban J connectivity index is 1.69. The van der Waals surface area contributed by atoms with Gasteiger partial charge in [0.1, 0.15) is 0 Å². The molecule has 2 aromatic carbocycles. The summed E-state index contributed by atoms with van der Waals surface area (Å²) in [5.41, 5.74) is 8.48. The zero-order valence-corrected chi connectivity index (χ0v) is 15.9. The van der Waals surface area contributed by atoms with Crippen LogP contribution in [0.1, 0.15) is 29.0 Å². The van der Waals surface area contributed by atoms with Crippen LogP contribution >= 0.6 is 11.3 Å². The van der Waals surface area contributed by atoms with Crippen molar-refractivity contribution in [3.63, 3.8) is 0 Å². The number of thiazole rings is 1. The number of H-pyrrole nitrogens is 1. The monoisotopic (exact) mass is 370 g/mol. The molecule has 0 bridgehead atoms. The Labute approximate surface area is 160 Å². The van der Waals surface area contributed by atoms with Crippen molar-refractivity contribution in [3.8, 4) is 11.3 Å². The van der Waals surface area contributed by atoms with E-state index in [1.165, 1.54) is 45.0 Å². The summed E-state index contributed by atoms with van der Waals surface area (Å²) in [6.45, 7) is 2.07. The first-order valence-electron chi connectivity index (χ1n) is 9.43. The van der Waals surface area contributed by atoms with Crippen LogP contribution in [0, 0.1) is 6.92 Å². The maximum absolute atomic E-state index is 5.14. The van der Waals surface area contributed by atoms with Crippen molar-refractivity contribution >= 4 is 43.4 Å². The molecule has 3 heterocycles. The van der Waals surface area contributed by atoms with Crippen LogP contribution in [0.5, 0.6) is 0 Å². The van der Waals surface area contributed by atoms with Crippen molar-refractivity contribution in [2.75, 3.05) is 0 Å². The number of nitrogens with one attached hydrogen (secondary N) is 1. The third-order valence-electron chi connectivity index (χ3n) is 5.66. The molecule has 1 aliphatic rings. The number of rotatable bonds is 1. The zero-order chi connectivity index (χ0) is 18.0. The van der Waals surface area contributed by atoms with Crippen molar-refractivity contribution < 1.29 is 0 Å². The molecule has 132 valence electrons. The first kappa shape index (κ1) is 15.3. The molecule has 6 rings (SSSR count). The topological polar surface area (TPSA) is 54.5 Å². The molecule has 0 atom stereocenters. The third kappa shape index (κ3) is 2.24. The molecule has 0 unspecified atom stereocenters. The molecule has 0 saturated heterocycles. The molecule has 3 aromatic heterocycles. The Bertz CT molecular complexity index is 1350. The fourth-order valence-corrected chi connectivity index (χ4v) is 5.34. The summed E-state index contributed by atoms with van der Waals surface area (Å²) in [5.74, 6) is 0. The number of fused-ring (bicyclic) bond motifs is 6. The van der Waals surface area contributed by atoms with E-state index in [1.807, 2.05) is 6.20 Å². The molecule has 1 aliphatic carbocycles. The number of aromatic nitrogens is 4. The largest absolute Gasteiger partial charge is 0.278 e. The van der Waals surface area contributed by atoms with Gasteiger partial charge in [-0.3, -0.25) is 5.10 Å². The average molecular weight is 370 g/mol. The van der Waals surface area contributed by atoms with Gasteiger partial charge in [0.15, 0.2) is 0 Å². The predicted octanol–water partition coefficient (Wildman–Crippen LogP) is 5.58. The van der Waals surface area contributed by atoms with E-state index < -0.39 is 0 Å². The Morgan fingerprint density at radius 3 is 2.74 bits per heavy atom. The van der Waals surface area contributed by atoms with Crippen LogP contribution in [0.2, 0.25) is 0 Å². The molecule has 4 nitrogen and oxygen atoms in total. The average Bonchev–Trinajstić information content (AvgIpc) is 3.31. The van der Waals surface area contributed by atoms with Crippen LogP contribution in [-0.4, -0.2) is 20.2 Å². The van der Waals surface area contributed by atoms with Crippen LogP contribution in [0.15, 0.2) is 36.5 Å². The fraction of sp³-hybridized carbons (Fsp3) is 0.227. The summed E-state index contributed by atoms with van der Waals surface area (Å²) in [4.78, 5) is 9.75. The highest BCUT2D eigenvalue weighted by Gasteiger charge is 2.21. The highest BCUT2D eigenvalue weighted by atomic mass is 32.1. The van der Waals surface area contributed by atoms with Crippen LogP contribution < -0.4 is 0 Å². The molecule has 0 spiro atoms. The Morgan fingerprint density at radius 1 is 0.963 bits per heavy atom. The van der Waals surface area contributed by atoms with Gasteiger partial charge in [0.05, 0.1) is 38.1 Å². The quantitative estimate of drug-likeness (QED) is 0.419. The van der Waals surface area contributed by atoms with Crippen molar-refractivity contribution in [2.24, 2.45) is 0 Å². The van der Waals surface area contributed by atoms with Crippen molar-refractivity contribution in [1.29, 1.82) is 0 Å². The summed E-state index contributed by atoms with van der Waals surface area (Å²) in [7, 11) is 0. The van der Waals surface area contributed by atoms with Crippen LogP contribution in [0.25, 0.3) is 43.3 Å². The van der Waals surface area contributed by atoms with E-state index in [9.17, 15) is 0 Å². The van der Waals surface area contributed by atoms with Crippen LogP contribution in [0.3, 0.4) is 0 Å². The lowest BCUT2D eigenvalue weighted by Crippen LogP contribution is -2.07. The van der Waals surface area contributed by atoms with E-state index in [0.29, 0.717) is 0 Å². The van der Waals surface area contributed by atoms with Gasteiger partial charge in [-0.1, -0.05) is 6.07 Å². The summed E-state index contributed by atoms with van der Waals surface area (Å²) < 4.78 is 1.24. The molecular weight excluding hydrogens is 352 g/mol. The highest BCUT2D eigenvalue weighted by Crippen LogP contribution is 2.38. The maximum atomic E-state index is 5.14. The van der Waals surface area contributed by atoms with Crippen LogP contribution in [0.4, 0.5) is 0 Å². The van der Waals surface area contributed by atoms with Crippen molar-refractivity contribution in [1.82, 2.24) is 20.2 Å². The summed E-state index contributed by atoms with van der Waals surface area (Å²) in [6, 6.07) is 10.8. The molecule has 5 heteroatoms. The van der Waals surface area contributed by atoms with E-state index in [4.69, 9.17) is 4.98 Å². The third-order valence-corrected chi connectivity index (χ3v) is 6.59. The summed E-state index contributed by atoms with van der Waals surface area (Å²) in [5, 5.41) is 11.0. The van der Waals surface area contributed by atoms with E-state index in [2.05, 4.69) is 52.4 Å². The molecule has 27 heavy (non-hydrogen) atoms. The van der Waals surface area contributed by atoms with E-state index in [1.54, 1.807) is 11.3 Å². The summed E-state index contributed by atoms with van der Waals surface area (Å²) in [6.07, 6.45) is 6.64. The predicted molar refractivity (Wildman–Crippen MR) is 111 cm³/mol. The Morgan fingerprint density at radius 2 is 1.81 bits per heavy atom. The normalized spacial score (nSPS) is 14.3. The first-order valence-corrected chi connectivity index (χ1v) is 10.2. The second-order valence-corrected chi connectivity index (χ2v) is 8.57. The van der Waals surface area contributed by atoms with Gasteiger partial charge < -0.3 is 0 Å². The number of benzene rings is 2. The van der Waals surface area contributed by atoms with Gasteiger partial charge in [-0.2, -0.15) is 5.10 Å². The van der Waals surface area contributed by atoms with E-state index in [0.717, 1.165) is 40.1 Å². The molecule has 0 fully saturated rings. The molecular formula is C22H18N4S. The number of hydrogen-bond donors (Lipinski definition) is 1. The van der Waals surface area contributed by atoms with E-state index >= 15 is 0 Å². The molecule has 0 saturated carbocycles. The maximum Gasteiger partial charge on any atom is 0.0907 e. The van der Waals surface area contributed by atoms with Crippen LogP contribution in [-0.2, 0) is 12.8 Å². The van der Waals surface area contributed by atoms with Gasteiger partial charge >= 0.3 is 0 Å². The number of aryl methyl sites for hydroxylation is 2. The van der Waals surface area contributed by atoms with Gasteiger partial charge in [0.25, 0.3) is 0 Å². The number of aromatic amines is 1. The smallest absolute Gasteiger partial charge is 0.0907 e. The van der Waals surface area contributed by atoms with Gasteiger partial charge in [0, 0.05) is 16.3 Å². The van der Waals surface area contributed by atoms with Crippen molar-refractivity contribution in [3.05, 3.63) is 52.7 Å². The van der Waals surface area contributed by atoms with Gasteiger partial charge in [-0.25, -0.2) is 9.97 Å². The first-order chi connectivity index (χ1) is 13.3. The molecule has 0 aliphatic heterocycles. The number of pyridine rings is 1. The van der Waals surface area contributed by atoms with E-state index in [-0.39, 0.29) is 0 Å². The Hall–Kier alpha value is -2.79. The zero-order valence-electron chi connectivity index (χ0n) is 15.0. The molecule has 1 N–H and O–H groups in total. The lowest BCUT2D eigenvalue weighted by Gasteiger charge is -2.21.